The van der Waals surface area contributed by atoms with Gasteiger partial charge in [-0.1, -0.05) is 0 Å². The summed E-state index contributed by atoms with van der Waals surface area (Å²) < 4.78 is 11.3. The molecular formula is C13H18BrNO3. The Labute approximate surface area is 115 Å². The fourth-order valence-electron chi connectivity index (χ4n) is 2.44. The maximum Gasteiger partial charge on any atom is 0.175 e. The molecule has 1 atom stereocenters. The largest absolute Gasteiger partial charge is 0.507 e. The zero-order valence-electron chi connectivity index (χ0n) is 10.6. The van der Waals surface area contributed by atoms with Crippen molar-refractivity contribution in [2.24, 2.45) is 0 Å². The van der Waals surface area contributed by atoms with Gasteiger partial charge in [0.1, 0.15) is 5.75 Å². The predicted octanol–water partition coefficient (Wildman–Crippen LogP) is 2.64. The minimum Gasteiger partial charge on any atom is -0.507 e. The second-order valence-electron chi connectivity index (χ2n) is 4.40. The van der Waals surface area contributed by atoms with Gasteiger partial charge in [0, 0.05) is 24.1 Å². The smallest absolute Gasteiger partial charge is 0.175 e. The lowest BCUT2D eigenvalue weighted by Crippen LogP contribution is -2.28. The van der Waals surface area contributed by atoms with E-state index in [1.165, 1.54) is 0 Å². The molecule has 0 bridgehead atoms. The molecule has 5 heteroatoms. The predicted molar refractivity (Wildman–Crippen MR) is 73.8 cm³/mol. The van der Waals surface area contributed by atoms with Gasteiger partial charge in [-0.2, -0.15) is 0 Å². The molecule has 100 valence electrons. The van der Waals surface area contributed by atoms with Crippen molar-refractivity contribution in [2.75, 3.05) is 27.3 Å². The molecule has 0 amide bonds. The van der Waals surface area contributed by atoms with Crippen molar-refractivity contribution in [1.29, 1.82) is 0 Å². The highest BCUT2D eigenvalue weighted by atomic mass is 79.9. The topological polar surface area (TPSA) is 50.7 Å². The van der Waals surface area contributed by atoms with Crippen molar-refractivity contribution in [3.8, 4) is 17.2 Å². The number of phenols is 1. The van der Waals surface area contributed by atoms with E-state index >= 15 is 0 Å². The highest BCUT2D eigenvalue weighted by molar-refractivity contribution is 9.10. The number of nitrogens with one attached hydrogen (secondary N) is 1. The van der Waals surface area contributed by atoms with Crippen molar-refractivity contribution in [1.82, 2.24) is 5.32 Å². The molecule has 0 spiro atoms. The second kappa shape index (κ2) is 5.80. The molecular weight excluding hydrogens is 298 g/mol. The Bertz CT molecular complexity index is 431. The van der Waals surface area contributed by atoms with Crippen LogP contribution in [0.3, 0.4) is 0 Å². The van der Waals surface area contributed by atoms with Crippen LogP contribution in [0.2, 0.25) is 0 Å². The number of rotatable bonds is 3. The van der Waals surface area contributed by atoms with Gasteiger partial charge in [0.15, 0.2) is 11.5 Å². The molecule has 1 unspecified atom stereocenters. The molecule has 1 aromatic carbocycles. The normalized spacial score (nSPS) is 19.6. The number of phenolic OH excluding ortho intramolecular Hbond substituents is 1. The third kappa shape index (κ3) is 2.42. The third-order valence-corrected chi connectivity index (χ3v) is 4.12. The summed E-state index contributed by atoms with van der Waals surface area (Å²) in [7, 11) is 3.16. The first kappa shape index (κ1) is 13.5. The molecule has 0 radical (unpaired) electrons. The highest BCUT2D eigenvalue weighted by Crippen LogP contribution is 2.46. The summed E-state index contributed by atoms with van der Waals surface area (Å²) in [6.07, 6.45) is 2.18. The first-order chi connectivity index (χ1) is 8.69. The van der Waals surface area contributed by atoms with E-state index < -0.39 is 0 Å². The van der Waals surface area contributed by atoms with Crippen LogP contribution < -0.4 is 14.8 Å². The standard InChI is InChI=1S/C13H18BrNO3/c1-17-10-6-9(16)11(12(14)13(10)18-2)8-4-3-5-15-7-8/h6,8,15-16H,3-5,7H2,1-2H3. The van der Waals surface area contributed by atoms with Crippen molar-refractivity contribution >= 4 is 15.9 Å². The Balaban J connectivity index is 2.46. The second-order valence-corrected chi connectivity index (χ2v) is 5.20. The molecule has 4 nitrogen and oxygen atoms in total. The summed E-state index contributed by atoms with van der Waals surface area (Å²) in [4.78, 5) is 0. The summed E-state index contributed by atoms with van der Waals surface area (Å²) >= 11 is 3.53. The lowest BCUT2D eigenvalue weighted by Gasteiger charge is -2.26. The van der Waals surface area contributed by atoms with E-state index in [0.717, 1.165) is 36.0 Å². The molecule has 0 aromatic heterocycles. The van der Waals surface area contributed by atoms with Crippen LogP contribution in [0, 0.1) is 0 Å². The van der Waals surface area contributed by atoms with Gasteiger partial charge in [-0.25, -0.2) is 0 Å². The monoisotopic (exact) mass is 315 g/mol. The Hall–Kier alpha value is -0.940. The van der Waals surface area contributed by atoms with Crippen molar-refractivity contribution in [3.63, 3.8) is 0 Å². The lowest BCUT2D eigenvalue weighted by molar-refractivity contribution is 0.345. The van der Waals surface area contributed by atoms with Crippen molar-refractivity contribution < 1.29 is 14.6 Å². The number of piperidine rings is 1. The molecule has 1 aliphatic rings. The van der Waals surface area contributed by atoms with Crippen LogP contribution in [-0.4, -0.2) is 32.4 Å². The van der Waals surface area contributed by atoms with Crippen molar-refractivity contribution in [3.05, 3.63) is 16.1 Å². The summed E-state index contributed by atoms with van der Waals surface area (Å²) in [5.74, 6) is 1.73. The number of hydrogen-bond acceptors (Lipinski definition) is 4. The number of ether oxygens (including phenoxy) is 2. The maximum atomic E-state index is 10.2. The van der Waals surface area contributed by atoms with Gasteiger partial charge in [0.25, 0.3) is 0 Å². The molecule has 1 aromatic rings. The first-order valence-electron chi connectivity index (χ1n) is 6.03. The van der Waals surface area contributed by atoms with Crippen LogP contribution in [0.25, 0.3) is 0 Å². The molecule has 1 fully saturated rings. The Morgan fingerprint density at radius 1 is 1.39 bits per heavy atom. The fourth-order valence-corrected chi connectivity index (χ4v) is 3.32. The van der Waals surface area contributed by atoms with Gasteiger partial charge >= 0.3 is 0 Å². The van der Waals surface area contributed by atoms with E-state index in [0.29, 0.717) is 17.4 Å². The van der Waals surface area contributed by atoms with Gasteiger partial charge in [-0.3, -0.25) is 0 Å². The van der Waals surface area contributed by atoms with E-state index in [9.17, 15) is 5.11 Å². The number of methoxy groups -OCH3 is 2. The fraction of sp³-hybridized carbons (Fsp3) is 0.538. The lowest BCUT2D eigenvalue weighted by atomic mass is 9.90. The van der Waals surface area contributed by atoms with Crippen LogP contribution in [0.15, 0.2) is 10.5 Å². The average Bonchev–Trinajstić information content (AvgIpc) is 2.39. The van der Waals surface area contributed by atoms with E-state index in [2.05, 4.69) is 21.2 Å². The quantitative estimate of drug-likeness (QED) is 0.900. The molecule has 1 aliphatic heterocycles. The summed E-state index contributed by atoms with van der Waals surface area (Å²) in [6, 6.07) is 1.62. The van der Waals surface area contributed by atoms with E-state index in [-0.39, 0.29) is 5.75 Å². The van der Waals surface area contributed by atoms with Gasteiger partial charge in [0.2, 0.25) is 0 Å². The van der Waals surface area contributed by atoms with Gasteiger partial charge in [0.05, 0.1) is 18.7 Å². The minimum atomic E-state index is 0.258. The van der Waals surface area contributed by atoms with Gasteiger partial charge in [-0.15, -0.1) is 0 Å². The number of hydrogen-bond donors (Lipinski definition) is 2. The first-order valence-corrected chi connectivity index (χ1v) is 6.82. The zero-order valence-corrected chi connectivity index (χ0v) is 12.2. The number of aromatic hydroxyl groups is 1. The Morgan fingerprint density at radius 3 is 2.72 bits per heavy atom. The van der Waals surface area contributed by atoms with Crippen LogP contribution in [0.5, 0.6) is 17.2 Å². The Kier molecular flexibility index (Phi) is 4.35. The molecule has 1 heterocycles. The van der Waals surface area contributed by atoms with Crippen LogP contribution in [0.1, 0.15) is 24.3 Å². The highest BCUT2D eigenvalue weighted by Gasteiger charge is 2.25. The summed E-state index contributed by atoms with van der Waals surface area (Å²) in [5, 5.41) is 13.5. The number of benzene rings is 1. The van der Waals surface area contributed by atoms with Crippen LogP contribution in [0.4, 0.5) is 0 Å². The third-order valence-electron chi connectivity index (χ3n) is 3.33. The minimum absolute atomic E-state index is 0.258. The zero-order chi connectivity index (χ0) is 13.1. The van der Waals surface area contributed by atoms with E-state index in [4.69, 9.17) is 9.47 Å². The molecule has 1 saturated heterocycles. The van der Waals surface area contributed by atoms with Crippen LogP contribution in [-0.2, 0) is 0 Å². The molecule has 2 N–H and O–H groups in total. The molecule has 0 aliphatic carbocycles. The van der Waals surface area contributed by atoms with E-state index in [1.54, 1.807) is 20.3 Å². The maximum absolute atomic E-state index is 10.2. The van der Waals surface area contributed by atoms with E-state index in [1.807, 2.05) is 0 Å². The summed E-state index contributed by atoms with van der Waals surface area (Å²) in [5.41, 5.74) is 0.903. The molecule has 2 rings (SSSR count). The van der Waals surface area contributed by atoms with Gasteiger partial charge in [-0.05, 0) is 35.3 Å². The SMILES string of the molecule is COc1cc(O)c(C2CCCNC2)c(Br)c1OC. The summed E-state index contributed by atoms with van der Waals surface area (Å²) in [6.45, 7) is 1.92. The molecule has 18 heavy (non-hydrogen) atoms. The number of halogens is 1. The van der Waals surface area contributed by atoms with Gasteiger partial charge < -0.3 is 19.9 Å². The Morgan fingerprint density at radius 2 is 2.17 bits per heavy atom. The average molecular weight is 316 g/mol. The van der Waals surface area contributed by atoms with Crippen LogP contribution >= 0.6 is 15.9 Å². The van der Waals surface area contributed by atoms with Crippen molar-refractivity contribution in [2.45, 2.75) is 18.8 Å². The molecule has 0 saturated carbocycles.